The number of rotatable bonds is 2. The van der Waals surface area contributed by atoms with Crippen LogP contribution in [0.2, 0.25) is 0 Å². The van der Waals surface area contributed by atoms with Crippen molar-refractivity contribution in [1.29, 1.82) is 5.26 Å². The topological polar surface area (TPSA) is 86.9 Å². The van der Waals surface area contributed by atoms with Crippen molar-refractivity contribution in [1.82, 2.24) is 9.97 Å². The van der Waals surface area contributed by atoms with Gasteiger partial charge in [-0.3, -0.25) is 0 Å². The van der Waals surface area contributed by atoms with Gasteiger partial charge in [0, 0.05) is 11.8 Å². The van der Waals surface area contributed by atoms with Crippen molar-refractivity contribution >= 4 is 17.3 Å². The summed E-state index contributed by atoms with van der Waals surface area (Å²) in [5.74, 6) is -0.985. The Morgan fingerprint density at radius 2 is 2.35 bits per heavy atom. The number of nitrogens with zero attached hydrogens (tertiary/aromatic N) is 3. The first kappa shape index (κ1) is 11.2. The van der Waals surface area contributed by atoms with Crippen molar-refractivity contribution in [3.63, 3.8) is 0 Å². The lowest BCUT2D eigenvalue weighted by Gasteiger charge is -1.94. The first-order valence-electron chi connectivity index (χ1n) is 4.69. The minimum atomic E-state index is -0.985. The quantitative estimate of drug-likeness (QED) is 0.875. The van der Waals surface area contributed by atoms with E-state index in [1.807, 2.05) is 6.07 Å². The Morgan fingerprint density at radius 1 is 1.59 bits per heavy atom. The third-order valence-electron chi connectivity index (χ3n) is 2.11. The highest BCUT2D eigenvalue weighted by Crippen LogP contribution is 2.27. The van der Waals surface area contributed by atoms with E-state index in [1.54, 1.807) is 19.1 Å². The number of aromatic carboxylic acids is 1. The molecule has 0 aliphatic rings. The number of hydrogen-bond acceptors (Lipinski definition) is 5. The van der Waals surface area contributed by atoms with Gasteiger partial charge in [-0.05, 0) is 19.1 Å². The predicted molar refractivity (Wildman–Crippen MR) is 61.8 cm³/mol. The highest BCUT2D eigenvalue weighted by molar-refractivity contribution is 7.17. The maximum atomic E-state index is 10.9. The standard InChI is InChI=1S/C11H7N3O2S/c1-6-9(11(15)16)17-10(14-6)7-2-3-13-8(4-7)5-12/h2-4H,1H3,(H,15,16). The lowest BCUT2D eigenvalue weighted by molar-refractivity contribution is 0.0701. The van der Waals surface area contributed by atoms with Gasteiger partial charge in [-0.2, -0.15) is 5.26 Å². The molecule has 0 amide bonds. The molecule has 0 aromatic carbocycles. The Bertz CT molecular complexity index is 628. The maximum Gasteiger partial charge on any atom is 0.347 e. The summed E-state index contributed by atoms with van der Waals surface area (Å²) in [5, 5.41) is 18.2. The van der Waals surface area contributed by atoms with Gasteiger partial charge in [0.25, 0.3) is 0 Å². The number of pyridine rings is 1. The first-order valence-corrected chi connectivity index (χ1v) is 5.50. The molecule has 0 saturated carbocycles. The van der Waals surface area contributed by atoms with E-state index < -0.39 is 5.97 Å². The van der Waals surface area contributed by atoms with E-state index in [-0.39, 0.29) is 10.6 Å². The molecular weight excluding hydrogens is 238 g/mol. The summed E-state index contributed by atoms with van der Waals surface area (Å²) in [5.41, 5.74) is 1.47. The Morgan fingerprint density at radius 3 is 2.94 bits per heavy atom. The molecule has 0 atom stereocenters. The fraction of sp³-hybridized carbons (Fsp3) is 0.0909. The van der Waals surface area contributed by atoms with Crippen LogP contribution in [0.3, 0.4) is 0 Å². The number of aromatic nitrogens is 2. The van der Waals surface area contributed by atoms with E-state index in [9.17, 15) is 4.79 Å². The summed E-state index contributed by atoms with van der Waals surface area (Å²) in [7, 11) is 0. The normalized spacial score (nSPS) is 9.88. The fourth-order valence-corrected chi connectivity index (χ4v) is 2.24. The van der Waals surface area contributed by atoms with Crippen LogP contribution in [0.25, 0.3) is 10.6 Å². The smallest absolute Gasteiger partial charge is 0.347 e. The second kappa shape index (κ2) is 4.31. The number of hydrogen-bond donors (Lipinski definition) is 1. The Kier molecular flexibility index (Phi) is 2.85. The zero-order valence-corrected chi connectivity index (χ0v) is 9.65. The van der Waals surface area contributed by atoms with Crippen LogP contribution in [0.15, 0.2) is 18.3 Å². The molecule has 0 aliphatic heterocycles. The molecule has 84 valence electrons. The maximum absolute atomic E-state index is 10.9. The van der Waals surface area contributed by atoms with Crippen molar-refractivity contribution in [3.8, 4) is 16.6 Å². The van der Waals surface area contributed by atoms with Crippen LogP contribution >= 0.6 is 11.3 Å². The molecule has 2 aromatic heterocycles. The van der Waals surface area contributed by atoms with E-state index in [0.29, 0.717) is 16.3 Å². The van der Waals surface area contributed by atoms with Crippen LogP contribution < -0.4 is 0 Å². The van der Waals surface area contributed by atoms with Gasteiger partial charge in [0.05, 0.1) is 5.69 Å². The molecule has 2 aromatic rings. The summed E-state index contributed by atoms with van der Waals surface area (Å²) in [4.78, 5) is 19.1. The lowest BCUT2D eigenvalue weighted by Crippen LogP contribution is -1.94. The van der Waals surface area contributed by atoms with Gasteiger partial charge in [-0.15, -0.1) is 11.3 Å². The molecule has 0 fully saturated rings. The van der Waals surface area contributed by atoms with Gasteiger partial charge in [0.15, 0.2) is 0 Å². The van der Waals surface area contributed by atoms with E-state index in [1.165, 1.54) is 6.20 Å². The van der Waals surface area contributed by atoms with E-state index >= 15 is 0 Å². The van der Waals surface area contributed by atoms with Gasteiger partial charge in [-0.25, -0.2) is 14.8 Å². The highest BCUT2D eigenvalue weighted by Gasteiger charge is 2.15. The van der Waals surface area contributed by atoms with Crippen molar-refractivity contribution in [3.05, 3.63) is 34.6 Å². The lowest BCUT2D eigenvalue weighted by atomic mass is 10.2. The fourth-order valence-electron chi connectivity index (χ4n) is 1.34. The molecule has 2 rings (SSSR count). The molecular formula is C11H7N3O2S. The molecule has 0 saturated heterocycles. The van der Waals surface area contributed by atoms with E-state index in [2.05, 4.69) is 9.97 Å². The number of carbonyl (C=O) groups is 1. The minimum Gasteiger partial charge on any atom is -0.477 e. The summed E-state index contributed by atoms with van der Waals surface area (Å²) in [6, 6.07) is 5.22. The summed E-state index contributed by atoms with van der Waals surface area (Å²) in [6.07, 6.45) is 1.51. The largest absolute Gasteiger partial charge is 0.477 e. The molecule has 0 bridgehead atoms. The molecule has 1 N–H and O–H groups in total. The molecule has 0 spiro atoms. The van der Waals surface area contributed by atoms with Crippen LogP contribution in [0, 0.1) is 18.3 Å². The SMILES string of the molecule is Cc1nc(-c2ccnc(C#N)c2)sc1C(=O)O. The second-order valence-electron chi connectivity index (χ2n) is 3.28. The van der Waals surface area contributed by atoms with Crippen molar-refractivity contribution in [2.45, 2.75) is 6.92 Å². The predicted octanol–water partition coefficient (Wildman–Crippen LogP) is 2.08. The van der Waals surface area contributed by atoms with Gasteiger partial charge in [-0.1, -0.05) is 0 Å². The average molecular weight is 245 g/mol. The Balaban J connectivity index is 2.50. The monoisotopic (exact) mass is 245 g/mol. The number of nitriles is 1. The summed E-state index contributed by atoms with van der Waals surface area (Å²) in [6.45, 7) is 1.65. The van der Waals surface area contributed by atoms with Crippen molar-refractivity contribution in [2.24, 2.45) is 0 Å². The van der Waals surface area contributed by atoms with Crippen LogP contribution in [0.5, 0.6) is 0 Å². The molecule has 6 heteroatoms. The second-order valence-corrected chi connectivity index (χ2v) is 4.28. The molecule has 17 heavy (non-hydrogen) atoms. The zero-order chi connectivity index (χ0) is 12.4. The third-order valence-corrected chi connectivity index (χ3v) is 3.31. The number of aryl methyl sites for hydroxylation is 1. The van der Waals surface area contributed by atoms with Crippen molar-refractivity contribution in [2.75, 3.05) is 0 Å². The number of carboxylic acid groups (broad SMARTS) is 1. The molecule has 0 unspecified atom stereocenters. The molecule has 2 heterocycles. The Labute approximate surface area is 101 Å². The summed E-state index contributed by atoms with van der Waals surface area (Å²) < 4.78 is 0. The van der Waals surface area contributed by atoms with Crippen LogP contribution in [-0.4, -0.2) is 21.0 Å². The summed E-state index contributed by atoms with van der Waals surface area (Å²) >= 11 is 1.09. The Hall–Kier alpha value is -2.26. The highest BCUT2D eigenvalue weighted by atomic mass is 32.1. The first-order chi connectivity index (χ1) is 8.11. The van der Waals surface area contributed by atoms with Gasteiger partial charge in [0.1, 0.15) is 21.6 Å². The minimum absolute atomic E-state index is 0.218. The molecule has 5 nitrogen and oxygen atoms in total. The van der Waals surface area contributed by atoms with E-state index in [0.717, 1.165) is 11.3 Å². The van der Waals surface area contributed by atoms with Crippen LogP contribution in [0.1, 0.15) is 21.1 Å². The number of carboxylic acids is 1. The zero-order valence-electron chi connectivity index (χ0n) is 8.84. The van der Waals surface area contributed by atoms with Crippen LogP contribution in [-0.2, 0) is 0 Å². The van der Waals surface area contributed by atoms with Gasteiger partial charge < -0.3 is 5.11 Å². The average Bonchev–Trinajstić information content (AvgIpc) is 2.71. The van der Waals surface area contributed by atoms with Crippen LogP contribution in [0.4, 0.5) is 0 Å². The number of thiazole rings is 1. The molecule has 0 radical (unpaired) electrons. The van der Waals surface area contributed by atoms with Gasteiger partial charge >= 0.3 is 5.97 Å². The third kappa shape index (κ3) is 2.14. The van der Waals surface area contributed by atoms with Gasteiger partial charge in [0.2, 0.25) is 0 Å². The van der Waals surface area contributed by atoms with E-state index in [4.69, 9.17) is 10.4 Å². The molecule has 0 aliphatic carbocycles. The van der Waals surface area contributed by atoms with Crippen molar-refractivity contribution < 1.29 is 9.90 Å².